The summed E-state index contributed by atoms with van der Waals surface area (Å²) < 4.78 is 0. The molecule has 0 aliphatic heterocycles. The number of halogens is 2. The number of carbonyl (C=O) groups excluding carboxylic acids is 1. The van der Waals surface area contributed by atoms with Gasteiger partial charge in [0.05, 0.1) is 6.54 Å². The lowest BCUT2D eigenvalue weighted by molar-refractivity contribution is -0.121. The van der Waals surface area contributed by atoms with E-state index in [1.165, 1.54) is 4.88 Å². The zero-order valence-electron chi connectivity index (χ0n) is 9.99. The summed E-state index contributed by atoms with van der Waals surface area (Å²) in [4.78, 5) is 16.8. The molecule has 0 bridgehead atoms. The van der Waals surface area contributed by atoms with Crippen molar-refractivity contribution >= 4 is 42.1 Å². The highest BCUT2D eigenvalue weighted by atomic mass is 35.5. The van der Waals surface area contributed by atoms with Gasteiger partial charge in [-0.2, -0.15) is 0 Å². The molecule has 100 valence electrons. The van der Waals surface area contributed by atoms with Crippen molar-refractivity contribution in [3.05, 3.63) is 16.1 Å². The largest absolute Gasteiger partial charge is 0.350 e. The summed E-state index contributed by atoms with van der Waals surface area (Å²) in [6.45, 7) is 3.36. The van der Waals surface area contributed by atoms with Crippen LogP contribution in [0.1, 0.15) is 23.2 Å². The second kappa shape index (κ2) is 10.8. The van der Waals surface area contributed by atoms with Crippen LogP contribution in [0.2, 0.25) is 0 Å². The monoisotopic (exact) mass is 299 g/mol. The van der Waals surface area contributed by atoms with Crippen LogP contribution >= 0.6 is 36.2 Å². The van der Waals surface area contributed by atoms with E-state index in [2.05, 4.69) is 22.5 Å². The zero-order valence-corrected chi connectivity index (χ0v) is 12.4. The van der Waals surface area contributed by atoms with E-state index in [4.69, 9.17) is 0 Å². The minimum atomic E-state index is 0. The Morgan fingerprint density at radius 1 is 1.47 bits per heavy atom. The highest BCUT2D eigenvalue weighted by Crippen LogP contribution is 2.12. The van der Waals surface area contributed by atoms with Crippen LogP contribution in [-0.2, 0) is 17.8 Å². The Balaban J connectivity index is 0. The quantitative estimate of drug-likeness (QED) is 0.842. The van der Waals surface area contributed by atoms with Gasteiger partial charge in [-0.3, -0.25) is 4.79 Å². The van der Waals surface area contributed by atoms with Crippen molar-refractivity contribution in [2.75, 3.05) is 13.6 Å². The van der Waals surface area contributed by atoms with E-state index in [-0.39, 0.29) is 30.7 Å². The van der Waals surface area contributed by atoms with Crippen LogP contribution in [0.15, 0.2) is 6.20 Å². The van der Waals surface area contributed by atoms with E-state index >= 15 is 0 Å². The lowest BCUT2D eigenvalue weighted by Gasteiger charge is -2.01. The molecule has 0 aliphatic carbocycles. The summed E-state index contributed by atoms with van der Waals surface area (Å²) >= 11 is 1.66. The van der Waals surface area contributed by atoms with Crippen molar-refractivity contribution in [1.82, 2.24) is 15.6 Å². The first kappa shape index (κ1) is 19.0. The van der Waals surface area contributed by atoms with Gasteiger partial charge in [0, 0.05) is 24.0 Å². The van der Waals surface area contributed by atoms with Crippen LogP contribution in [0.25, 0.3) is 0 Å². The van der Waals surface area contributed by atoms with Gasteiger partial charge < -0.3 is 10.6 Å². The van der Waals surface area contributed by atoms with Crippen molar-refractivity contribution in [1.29, 1.82) is 0 Å². The number of rotatable bonds is 6. The van der Waals surface area contributed by atoms with Crippen molar-refractivity contribution in [3.8, 4) is 0 Å². The Labute approximate surface area is 118 Å². The fraction of sp³-hybridized carbons (Fsp3) is 0.600. The van der Waals surface area contributed by atoms with Crippen LogP contribution in [0, 0.1) is 0 Å². The highest BCUT2D eigenvalue weighted by Gasteiger charge is 2.03. The average molecular weight is 300 g/mol. The number of amides is 1. The van der Waals surface area contributed by atoms with E-state index in [0.29, 0.717) is 19.5 Å². The lowest BCUT2D eigenvalue weighted by Crippen LogP contribution is -2.25. The van der Waals surface area contributed by atoms with Gasteiger partial charge in [0.25, 0.3) is 0 Å². The molecule has 7 heteroatoms. The first-order valence-corrected chi connectivity index (χ1v) is 5.92. The summed E-state index contributed by atoms with van der Waals surface area (Å²) in [6, 6.07) is 0. The van der Waals surface area contributed by atoms with Crippen LogP contribution < -0.4 is 10.6 Å². The predicted molar refractivity (Wildman–Crippen MR) is 76.4 cm³/mol. The molecule has 1 heterocycles. The Morgan fingerprint density at radius 3 is 2.71 bits per heavy atom. The number of aryl methyl sites for hydroxylation is 1. The molecule has 1 amide bonds. The van der Waals surface area contributed by atoms with E-state index in [1.54, 1.807) is 11.3 Å². The summed E-state index contributed by atoms with van der Waals surface area (Å²) in [5.74, 6) is 0.0672. The molecule has 1 aromatic rings. The van der Waals surface area contributed by atoms with Crippen molar-refractivity contribution in [2.24, 2.45) is 0 Å². The molecule has 0 spiro atoms. The molecular formula is C10H19Cl2N3OS. The number of hydrogen-bond acceptors (Lipinski definition) is 4. The SMILES string of the molecule is CCc1cnc(CNC(=O)CCNC)s1.Cl.Cl. The molecule has 0 radical (unpaired) electrons. The zero-order chi connectivity index (χ0) is 11.1. The Kier molecular flexibility index (Phi) is 12.0. The molecule has 17 heavy (non-hydrogen) atoms. The number of carbonyl (C=O) groups is 1. The van der Waals surface area contributed by atoms with Crippen LogP contribution in [0.3, 0.4) is 0 Å². The van der Waals surface area contributed by atoms with Gasteiger partial charge in [-0.1, -0.05) is 6.92 Å². The van der Waals surface area contributed by atoms with Gasteiger partial charge in [-0.25, -0.2) is 4.98 Å². The predicted octanol–water partition coefficient (Wildman–Crippen LogP) is 1.77. The molecule has 1 rings (SSSR count). The Bertz CT molecular complexity index is 320. The molecule has 0 unspecified atom stereocenters. The molecule has 2 N–H and O–H groups in total. The maximum absolute atomic E-state index is 11.3. The second-order valence-corrected chi connectivity index (χ2v) is 4.40. The molecule has 1 aromatic heterocycles. The summed E-state index contributed by atoms with van der Waals surface area (Å²) in [6.07, 6.45) is 3.40. The van der Waals surface area contributed by atoms with Crippen molar-refractivity contribution in [2.45, 2.75) is 26.3 Å². The van der Waals surface area contributed by atoms with Gasteiger partial charge in [0.15, 0.2) is 0 Å². The normalized spacial score (nSPS) is 9.06. The molecule has 0 saturated carbocycles. The summed E-state index contributed by atoms with van der Waals surface area (Å²) in [5.41, 5.74) is 0. The molecule has 0 aliphatic rings. The molecule has 0 aromatic carbocycles. The van der Waals surface area contributed by atoms with E-state index in [1.807, 2.05) is 13.2 Å². The van der Waals surface area contributed by atoms with Crippen molar-refractivity contribution in [3.63, 3.8) is 0 Å². The Morgan fingerprint density at radius 2 is 2.18 bits per heavy atom. The van der Waals surface area contributed by atoms with E-state index < -0.39 is 0 Å². The lowest BCUT2D eigenvalue weighted by atomic mass is 10.4. The van der Waals surface area contributed by atoms with Crippen LogP contribution in [-0.4, -0.2) is 24.5 Å². The standard InChI is InChI=1S/C10H17N3OS.2ClH/c1-3-8-6-13-10(15-8)7-12-9(14)4-5-11-2;;/h6,11H,3-5,7H2,1-2H3,(H,12,14);2*1H. The summed E-state index contributed by atoms with van der Waals surface area (Å²) in [7, 11) is 1.83. The minimum Gasteiger partial charge on any atom is -0.350 e. The number of hydrogen-bond donors (Lipinski definition) is 2. The van der Waals surface area contributed by atoms with Gasteiger partial charge in [-0.05, 0) is 13.5 Å². The van der Waals surface area contributed by atoms with Gasteiger partial charge >= 0.3 is 0 Å². The third kappa shape index (κ3) is 7.54. The Hall–Kier alpha value is -0.360. The summed E-state index contributed by atoms with van der Waals surface area (Å²) in [5, 5.41) is 6.75. The number of nitrogens with zero attached hydrogens (tertiary/aromatic N) is 1. The number of aromatic nitrogens is 1. The highest BCUT2D eigenvalue weighted by molar-refractivity contribution is 7.11. The number of thiazole rings is 1. The molecular weight excluding hydrogens is 281 g/mol. The molecule has 0 atom stereocenters. The topological polar surface area (TPSA) is 54.0 Å². The van der Waals surface area contributed by atoms with Crippen LogP contribution in [0.4, 0.5) is 0 Å². The molecule has 0 fully saturated rings. The fourth-order valence-corrected chi connectivity index (χ4v) is 1.90. The van der Waals surface area contributed by atoms with E-state index in [0.717, 1.165) is 11.4 Å². The smallest absolute Gasteiger partial charge is 0.221 e. The van der Waals surface area contributed by atoms with E-state index in [9.17, 15) is 4.79 Å². The average Bonchev–Trinajstić information content (AvgIpc) is 2.71. The van der Waals surface area contributed by atoms with Gasteiger partial charge in [0.1, 0.15) is 5.01 Å². The van der Waals surface area contributed by atoms with Crippen LogP contribution in [0.5, 0.6) is 0 Å². The minimum absolute atomic E-state index is 0. The molecule has 4 nitrogen and oxygen atoms in total. The first-order valence-electron chi connectivity index (χ1n) is 5.11. The third-order valence-corrected chi connectivity index (χ3v) is 3.13. The maximum Gasteiger partial charge on any atom is 0.221 e. The second-order valence-electron chi connectivity index (χ2n) is 3.20. The fourth-order valence-electron chi connectivity index (χ4n) is 1.09. The molecule has 0 saturated heterocycles. The van der Waals surface area contributed by atoms with Crippen molar-refractivity contribution < 1.29 is 4.79 Å². The first-order chi connectivity index (χ1) is 7.26. The third-order valence-electron chi connectivity index (χ3n) is 1.99. The van der Waals surface area contributed by atoms with Gasteiger partial charge in [-0.15, -0.1) is 36.2 Å². The maximum atomic E-state index is 11.3. The number of nitrogens with one attached hydrogen (secondary N) is 2. The van der Waals surface area contributed by atoms with Gasteiger partial charge in [0.2, 0.25) is 5.91 Å².